The number of hydrogen-bond donors (Lipinski definition) is 1. The molecule has 1 saturated heterocycles. The minimum atomic E-state index is -3.18. The molecule has 2 aromatic rings. The first-order valence-corrected chi connectivity index (χ1v) is 10.7. The zero-order valence-electron chi connectivity index (χ0n) is 14.2. The number of sulfonamides is 1. The average Bonchev–Trinajstić information content (AvgIpc) is 3.14. The second kappa shape index (κ2) is 7.13. The predicted octanol–water partition coefficient (Wildman–Crippen LogP) is 2.99. The van der Waals surface area contributed by atoms with Crippen LogP contribution in [0.15, 0.2) is 29.6 Å². The highest BCUT2D eigenvalue weighted by atomic mass is 32.2. The quantitative estimate of drug-likeness (QED) is 0.866. The van der Waals surface area contributed by atoms with Gasteiger partial charge in [-0.05, 0) is 30.7 Å². The summed E-state index contributed by atoms with van der Waals surface area (Å²) in [7, 11) is -3.18. The highest BCUT2D eigenvalue weighted by molar-refractivity contribution is 7.93. The third-order valence-electron chi connectivity index (χ3n) is 3.94. The Hall–Kier alpha value is -1.93. The number of benzene rings is 1. The Morgan fingerprint density at radius 2 is 2.04 bits per heavy atom. The van der Waals surface area contributed by atoms with Crippen LogP contribution in [0.5, 0.6) is 0 Å². The predicted molar refractivity (Wildman–Crippen MR) is 101 cm³/mol. The lowest BCUT2D eigenvalue weighted by Crippen LogP contribution is -2.25. The van der Waals surface area contributed by atoms with Crippen LogP contribution in [0.25, 0.3) is 0 Å². The molecule has 0 aliphatic carbocycles. The zero-order chi connectivity index (χ0) is 18.0. The molecule has 1 aromatic heterocycles. The monoisotopic (exact) mass is 379 g/mol. The van der Waals surface area contributed by atoms with Gasteiger partial charge in [-0.2, -0.15) is 0 Å². The van der Waals surface area contributed by atoms with Crippen LogP contribution in [-0.2, 0) is 21.2 Å². The Morgan fingerprint density at radius 3 is 2.60 bits per heavy atom. The maximum atomic E-state index is 12.2. The lowest BCUT2D eigenvalue weighted by molar-refractivity contribution is -0.115. The molecule has 0 atom stereocenters. The van der Waals surface area contributed by atoms with Crippen molar-refractivity contribution < 1.29 is 13.2 Å². The summed E-state index contributed by atoms with van der Waals surface area (Å²) < 4.78 is 25.3. The molecule has 0 bridgehead atoms. The summed E-state index contributed by atoms with van der Waals surface area (Å²) in [5, 5.41) is 5.76. The highest BCUT2D eigenvalue weighted by Crippen LogP contribution is 2.25. The second-order valence-electron chi connectivity index (χ2n) is 6.35. The Kier molecular flexibility index (Phi) is 5.10. The number of amides is 1. The minimum absolute atomic E-state index is 0.137. The number of nitrogens with zero attached hydrogens (tertiary/aromatic N) is 2. The third kappa shape index (κ3) is 4.19. The molecule has 0 saturated carbocycles. The molecule has 3 rings (SSSR count). The van der Waals surface area contributed by atoms with E-state index >= 15 is 0 Å². The van der Waals surface area contributed by atoms with Gasteiger partial charge in [-0.3, -0.25) is 9.10 Å². The van der Waals surface area contributed by atoms with E-state index in [1.54, 1.807) is 35.6 Å². The van der Waals surface area contributed by atoms with Crippen LogP contribution < -0.4 is 9.62 Å². The van der Waals surface area contributed by atoms with Crippen LogP contribution in [0.3, 0.4) is 0 Å². The van der Waals surface area contributed by atoms with Gasteiger partial charge in [0.15, 0.2) is 0 Å². The molecule has 2 heterocycles. The number of hydrogen-bond acceptors (Lipinski definition) is 5. The van der Waals surface area contributed by atoms with Gasteiger partial charge in [-0.1, -0.05) is 13.8 Å². The van der Waals surface area contributed by atoms with E-state index in [0.29, 0.717) is 30.3 Å². The zero-order valence-corrected chi connectivity index (χ0v) is 15.9. The van der Waals surface area contributed by atoms with E-state index < -0.39 is 10.0 Å². The molecule has 1 amide bonds. The van der Waals surface area contributed by atoms with Crippen LogP contribution in [0.1, 0.15) is 36.9 Å². The van der Waals surface area contributed by atoms with Crippen molar-refractivity contribution in [1.82, 2.24) is 4.98 Å². The van der Waals surface area contributed by atoms with Crippen molar-refractivity contribution in [3.8, 4) is 0 Å². The lowest BCUT2D eigenvalue weighted by Gasteiger charge is -2.17. The SMILES string of the molecule is CC(C)c1nc(CC(=O)Nc2ccc(N3CCCS3(=O)=O)cc2)cs1. The van der Waals surface area contributed by atoms with E-state index in [-0.39, 0.29) is 18.1 Å². The molecule has 1 N–H and O–H groups in total. The summed E-state index contributed by atoms with van der Waals surface area (Å²) in [6, 6.07) is 6.89. The maximum Gasteiger partial charge on any atom is 0.235 e. The van der Waals surface area contributed by atoms with Gasteiger partial charge in [0, 0.05) is 23.5 Å². The van der Waals surface area contributed by atoms with Crippen LogP contribution in [0.2, 0.25) is 0 Å². The average molecular weight is 380 g/mol. The molecule has 134 valence electrons. The number of nitrogens with one attached hydrogen (secondary N) is 1. The van der Waals surface area contributed by atoms with Gasteiger partial charge >= 0.3 is 0 Å². The number of anilines is 2. The van der Waals surface area contributed by atoms with E-state index in [1.807, 2.05) is 5.38 Å². The van der Waals surface area contributed by atoms with E-state index in [2.05, 4.69) is 24.1 Å². The largest absolute Gasteiger partial charge is 0.326 e. The Labute approximate surface area is 151 Å². The molecule has 0 radical (unpaired) electrons. The first kappa shape index (κ1) is 17.9. The first-order chi connectivity index (χ1) is 11.8. The maximum absolute atomic E-state index is 12.2. The van der Waals surface area contributed by atoms with Gasteiger partial charge in [0.2, 0.25) is 15.9 Å². The molecular weight excluding hydrogens is 358 g/mol. The van der Waals surface area contributed by atoms with Gasteiger partial charge in [-0.15, -0.1) is 11.3 Å². The molecule has 0 spiro atoms. The molecule has 8 heteroatoms. The van der Waals surface area contributed by atoms with Gasteiger partial charge in [0.25, 0.3) is 0 Å². The second-order valence-corrected chi connectivity index (χ2v) is 9.25. The van der Waals surface area contributed by atoms with Crippen LogP contribution in [-0.4, -0.2) is 31.6 Å². The van der Waals surface area contributed by atoms with Crippen LogP contribution in [0.4, 0.5) is 11.4 Å². The van der Waals surface area contributed by atoms with E-state index in [4.69, 9.17) is 0 Å². The van der Waals surface area contributed by atoms with Crippen LogP contribution >= 0.6 is 11.3 Å². The Bertz CT molecular complexity index is 858. The molecule has 1 aliphatic rings. The number of thiazole rings is 1. The number of rotatable bonds is 5. The Morgan fingerprint density at radius 1 is 1.32 bits per heavy atom. The van der Waals surface area contributed by atoms with Crippen molar-refractivity contribution in [1.29, 1.82) is 0 Å². The number of aromatic nitrogens is 1. The highest BCUT2D eigenvalue weighted by Gasteiger charge is 2.28. The molecule has 0 unspecified atom stereocenters. The van der Waals surface area contributed by atoms with E-state index in [1.165, 1.54) is 4.31 Å². The van der Waals surface area contributed by atoms with Crippen molar-refractivity contribution >= 4 is 38.6 Å². The fourth-order valence-electron chi connectivity index (χ4n) is 2.68. The number of carbonyl (C=O) groups is 1. The summed E-state index contributed by atoms with van der Waals surface area (Å²) in [6.07, 6.45) is 0.873. The van der Waals surface area contributed by atoms with Gasteiger partial charge in [0.05, 0.1) is 28.6 Å². The first-order valence-electron chi connectivity index (χ1n) is 8.20. The smallest absolute Gasteiger partial charge is 0.235 e. The van der Waals surface area contributed by atoms with Gasteiger partial charge in [-0.25, -0.2) is 13.4 Å². The molecule has 25 heavy (non-hydrogen) atoms. The fraction of sp³-hybridized carbons (Fsp3) is 0.412. The molecule has 1 aliphatic heterocycles. The van der Waals surface area contributed by atoms with Gasteiger partial charge < -0.3 is 5.32 Å². The van der Waals surface area contributed by atoms with Crippen molar-refractivity contribution in [3.05, 3.63) is 40.3 Å². The third-order valence-corrected chi connectivity index (χ3v) is 7.01. The summed E-state index contributed by atoms with van der Waals surface area (Å²) in [4.78, 5) is 16.6. The van der Waals surface area contributed by atoms with Crippen molar-refractivity contribution in [2.45, 2.75) is 32.6 Å². The fourth-order valence-corrected chi connectivity index (χ4v) is 5.08. The minimum Gasteiger partial charge on any atom is -0.326 e. The number of carbonyl (C=O) groups excluding carboxylic acids is 1. The summed E-state index contributed by atoms with van der Waals surface area (Å²) in [6.45, 7) is 4.66. The topological polar surface area (TPSA) is 79.4 Å². The van der Waals surface area contributed by atoms with E-state index in [0.717, 1.165) is 10.7 Å². The van der Waals surface area contributed by atoms with Crippen LogP contribution in [0, 0.1) is 0 Å². The summed E-state index contributed by atoms with van der Waals surface area (Å²) in [5.74, 6) is 0.413. The molecule has 1 fully saturated rings. The summed E-state index contributed by atoms with van der Waals surface area (Å²) >= 11 is 1.57. The lowest BCUT2D eigenvalue weighted by atomic mass is 10.2. The standard InChI is InChI=1S/C17H21N3O3S2/c1-12(2)17-19-14(11-24-17)10-16(21)18-13-4-6-15(7-5-13)20-8-3-9-25(20,22)23/h4-7,11-12H,3,8-10H2,1-2H3,(H,18,21). The molecule has 1 aromatic carbocycles. The Balaban J connectivity index is 1.62. The summed E-state index contributed by atoms with van der Waals surface area (Å²) in [5.41, 5.74) is 2.05. The van der Waals surface area contributed by atoms with Gasteiger partial charge in [0.1, 0.15) is 0 Å². The van der Waals surface area contributed by atoms with Crippen molar-refractivity contribution in [2.24, 2.45) is 0 Å². The molecular formula is C17H21N3O3S2. The molecule has 6 nitrogen and oxygen atoms in total. The normalized spacial score (nSPS) is 16.4. The van der Waals surface area contributed by atoms with E-state index in [9.17, 15) is 13.2 Å². The van der Waals surface area contributed by atoms with Crippen molar-refractivity contribution in [2.75, 3.05) is 21.9 Å². The van der Waals surface area contributed by atoms with Crippen molar-refractivity contribution in [3.63, 3.8) is 0 Å².